The fraction of sp³-hybridized carbons (Fsp3) is 0.250. The van der Waals surface area contributed by atoms with Crippen molar-refractivity contribution in [2.45, 2.75) is 37.5 Å². The molecule has 0 aliphatic carbocycles. The van der Waals surface area contributed by atoms with E-state index >= 15 is 0 Å². The van der Waals surface area contributed by atoms with Gasteiger partial charge in [0.2, 0.25) is 0 Å². The molecular formula is C28H29FN2O4S. The molecule has 4 rings (SSSR count). The summed E-state index contributed by atoms with van der Waals surface area (Å²) in [4.78, 5) is 0. The minimum absolute atomic E-state index is 0.156. The molecule has 0 aromatic heterocycles. The molecule has 6 nitrogen and oxygen atoms in total. The van der Waals surface area contributed by atoms with Gasteiger partial charge in [0, 0.05) is 18.4 Å². The second-order valence-electron chi connectivity index (χ2n) is 9.23. The number of nitrogens with one attached hydrogen (secondary N) is 1. The van der Waals surface area contributed by atoms with Gasteiger partial charge in [0.05, 0.1) is 0 Å². The maximum Gasteiger partial charge on any atom is 0.305 e. The van der Waals surface area contributed by atoms with Gasteiger partial charge in [-0.1, -0.05) is 72.8 Å². The van der Waals surface area contributed by atoms with Crippen molar-refractivity contribution >= 4 is 21.6 Å². The van der Waals surface area contributed by atoms with E-state index in [4.69, 9.17) is 4.74 Å². The molecule has 1 unspecified atom stereocenters. The summed E-state index contributed by atoms with van der Waals surface area (Å²) in [7, 11) is -4.10. The monoisotopic (exact) mass is 508 g/mol. The Labute approximate surface area is 211 Å². The van der Waals surface area contributed by atoms with Crippen LogP contribution >= 0.6 is 0 Å². The van der Waals surface area contributed by atoms with Crippen molar-refractivity contribution in [2.75, 3.05) is 6.61 Å². The van der Waals surface area contributed by atoms with E-state index in [1.54, 1.807) is 51.1 Å². The van der Waals surface area contributed by atoms with Gasteiger partial charge in [-0.2, -0.15) is 0 Å². The van der Waals surface area contributed by atoms with E-state index in [2.05, 4.69) is 9.71 Å². The number of ether oxygens (including phenoxy) is 1. The number of rotatable bonds is 6. The lowest BCUT2D eigenvalue weighted by molar-refractivity contribution is 0.0422. The molecule has 2 N–H and O–H groups in total. The Morgan fingerprint density at radius 3 is 2.19 bits per heavy atom. The molecular weight excluding hydrogens is 479 g/mol. The van der Waals surface area contributed by atoms with Crippen molar-refractivity contribution in [2.24, 2.45) is 4.40 Å². The number of aliphatic hydroxyl groups is 1. The van der Waals surface area contributed by atoms with Gasteiger partial charge >= 0.3 is 6.02 Å². The van der Waals surface area contributed by atoms with E-state index in [9.17, 15) is 17.9 Å². The quantitative estimate of drug-likeness (QED) is 0.477. The molecule has 0 radical (unpaired) electrons. The SMILES string of the molecule is CC1(C)OC(N/C=C(/CCO)c2ccccc2F)=NS(=O)(=O)C1(C)c1ccc(-c2ccccc2)cc1. The summed E-state index contributed by atoms with van der Waals surface area (Å²) in [5.41, 5.74) is 2.09. The van der Waals surface area contributed by atoms with Crippen LogP contribution in [0.1, 0.15) is 38.3 Å². The number of aliphatic hydroxyl groups excluding tert-OH is 1. The first-order valence-electron chi connectivity index (χ1n) is 11.6. The standard InChI is InChI=1S/C28H29FN2O4S/c1-27(2)28(3,23-15-13-21(14-16-23)20-9-5-4-6-10-20)36(33,34)31-26(35-27)30-19-22(17-18-32)24-11-7-8-12-25(24)29/h4-16,19,32H,17-18H2,1-3H3,(H,30,31)/b22-19-. The summed E-state index contributed by atoms with van der Waals surface area (Å²) in [5.74, 6) is -0.454. The Bertz CT molecular complexity index is 1400. The third kappa shape index (κ3) is 4.66. The van der Waals surface area contributed by atoms with Crippen LogP contribution in [0.5, 0.6) is 0 Å². The van der Waals surface area contributed by atoms with Crippen LogP contribution in [0.25, 0.3) is 16.7 Å². The lowest BCUT2D eigenvalue weighted by Crippen LogP contribution is -2.57. The first kappa shape index (κ1) is 25.6. The number of nitrogens with zero attached hydrogens (tertiary/aromatic N) is 1. The smallest absolute Gasteiger partial charge is 0.305 e. The fourth-order valence-corrected chi connectivity index (χ4v) is 5.90. The Balaban J connectivity index is 1.67. The summed E-state index contributed by atoms with van der Waals surface area (Å²) >= 11 is 0. The average molecular weight is 509 g/mol. The fourth-order valence-electron chi connectivity index (χ4n) is 4.31. The minimum atomic E-state index is -4.10. The first-order chi connectivity index (χ1) is 17.1. The van der Waals surface area contributed by atoms with Gasteiger partial charge in [-0.05, 0) is 55.5 Å². The number of sulfonamides is 1. The van der Waals surface area contributed by atoms with Gasteiger partial charge in [-0.3, -0.25) is 0 Å². The highest BCUT2D eigenvalue weighted by molar-refractivity contribution is 7.91. The highest BCUT2D eigenvalue weighted by atomic mass is 32.2. The highest BCUT2D eigenvalue weighted by Gasteiger charge is 2.58. The molecule has 1 aliphatic heterocycles. The molecule has 1 atom stereocenters. The van der Waals surface area contributed by atoms with Crippen molar-refractivity contribution < 1.29 is 22.7 Å². The molecule has 36 heavy (non-hydrogen) atoms. The second-order valence-corrected chi connectivity index (χ2v) is 11.2. The van der Waals surface area contributed by atoms with Gasteiger partial charge < -0.3 is 15.2 Å². The van der Waals surface area contributed by atoms with Gasteiger partial charge in [-0.25, -0.2) is 12.8 Å². The van der Waals surface area contributed by atoms with Gasteiger partial charge in [0.1, 0.15) is 11.4 Å². The molecule has 0 spiro atoms. The average Bonchev–Trinajstić information content (AvgIpc) is 2.86. The molecule has 1 aliphatic rings. The van der Waals surface area contributed by atoms with E-state index < -0.39 is 26.2 Å². The second kappa shape index (κ2) is 9.87. The number of hydrogen-bond acceptors (Lipinski definition) is 5. The van der Waals surface area contributed by atoms with Crippen molar-refractivity contribution in [3.05, 3.63) is 102 Å². The Morgan fingerprint density at radius 1 is 0.972 bits per heavy atom. The molecule has 3 aromatic carbocycles. The minimum Gasteiger partial charge on any atom is -0.456 e. The molecule has 188 valence electrons. The largest absolute Gasteiger partial charge is 0.456 e. The lowest BCUT2D eigenvalue weighted by Gasteiger charge is -2.44. The van der Waals surface area contributed by atoms with E-state index in [1.807, 2.05) is 42.5 Å². The van der Waals surface area contributed by atoms with E-state index in [0.29, 0.717) is 16.7 Å². The van der Waals surface area contributed by atoms with Crippen LogP contribution in [0.4, 0.5) is 4.39 Å². The Hall–Kier alpha value is -3.49. The summed E-state index contributed by atoms with van der Waals surface area (Å²) < 4.78 is 49.9. The molecule has 0 saturated heterocycles. The molecule has 0 fully saturated rings. The summed E-state index contributed by atoms with van der Waals surface area (Å²) in [6, 6.07) is 23.1. The molecule has 0 saturated carbocycles. The Kier molecular flexibility index (Phi) is 7.02. The third-order valence-corrected chi connectivity index (χ3v) is 8.90. The van der Waals surface area contributed by atoms with Crippen LogP contribution in [0.2, 0.25) is 0 Å². The van der Waals surface area contributed by atoms with Crippen molar-refractivity contribution in [1.82, 2.24) is 5.32 Å². The van der Waals surface area contributed by atoms with E-state index in [0.717, 1.165) is 11.1 Å². The van der Waals surface area contributed by atoms with Crippen molar-refractivity contribution in [3.8, 4) is 11.1 Å². The zero-order valence-electron chi connectivity index (χ0n) is 20.4. The van der Waals surface area contributed by atoms with Gasteiger partial charge in [-0.15, -0.1) is 4.40 Å². The van der Waals surface area contributed by atoms with E-state index in [-0.39, 0.29) is 19.0 Å². The molecule has 0 bridgehead atoms. The normalized spacial score (nSPS) is 20.8. The molecule has 0 amide bonds. The van der Waals surface area contributed by atoms with Crippen LogP contribution in [-0.4, -0.2) is 31.8 Å². The summed E-state index contributed by atoms with van der Waals surface area (Å²) in [5, 5.41) is 12.2. The number of amidine groups is 1. The van der Waals surface area contributed by atoms with Gasteiger partial charge in [0.25, 0.3) is 10.0 Å². The summed E-state index contributed by atoms with van der Waals surface area (Å²) in [6.07, 6.45) is 1.57. The predicted molar refractivity (Wildman–Crippen MR) is 140 cm³/mol. The maximum atomic E-state index is 14.3. The molecule has 1 heterocycles. The van der Waals surface area contributed by atoms with E-state index in [1.165, 1.54) is 12.3 Å². The van der Waals surface area contributed by atoms with Crippen LogP contribution < -0.4 is 5.32 Å². The van der Waals surface area contributed by atoms with Crippen molar-refractivity contribution in [3.63, 3.8) is 0 Å². The third-order valence-electron chi connectivity index (χ3n) is 6.73. The summed E-state index contributed by atoms with van der Waals surface area (Å²) in [6.45, 7) is 4.78. The van der Waals surface area contributed by atoms with Crippen LogP contribution in [0.15, 0.2) is 89.5 Å². The zero-order valence-corrected chi connectivity index (χ0v) is 21.2. The Morgan fingerprint density at radius 2 is 1.58 bits per heavy atom. The maximum absolute atomic E-state index is 14.3. The first-order valence-corrected chi connectivity index (χ1v) is 13.0. The number of benzene rings is 3. The highest BCUT2D eigenvalue weighted by Crippen LogP contribution is 2.46. The molecule has 3 aromatic rings. The topological polar surface area (TPSA) is 88.0 Å². The number of halogens is 1. The lowest BCUT2D eigenvalue weighted by atomic mass is 9.84. The number of hydrogen-bond donors (Lipinski definition) is 2. The van der Waals surface area contributed by atoms with Crippen LogP contribution in [0, 0.1) is 5.82 Å². The van der Waals surface area contributed by atoms with Gasteiger partial charge in [0.15, 0.2) is 4.75 Å². The van der Waals surface area contributed by atoms with Crippen LogP contribution in [0.3, 0.4) is 0 Å². The zero-order chi connectivity index (χ0) is 26.0. The van der Waals surface area contributed by atoms with Crippen LogP contribution in [-0.2, 0) is 19.5 Å². The molecule has 8 heteroatoms. The van der Waals surface area contributed by atoms with Crippen molar-refractivity contribution in [1.29, 1.82) is 0 Å². The predicted octanol–water partition coefficient (Wildman–Crippen LogP) is 5.22.